The van der Waals surface area contributed by atoms with E-state index in [0.717, 1.165) is 19.4 Å². The number of rotatable bonds is 6. The number of hydrogen-bond donors (Lipinski definition) is 2. The summed E-state index contributed by atoms with van der Waals surface area (Å²) in [5, 5.41) is 3.44. The molecule has 1 aliphatic heterocycles. The van der Waals surface area contributed by atoms with Crippen LogP contribution >= 0.6 is 0 Å². The molecule has 1 saturated heterocycles. The van der Waals surface area contributed by atoms with Crippen LogP contribution in [0.3, 0.4) is 0 Å². The van der Waals surface area contributed by atoms with Gasteiger partial charge >= 0.3 is 0 Å². The summed E-state index contributed by atoms with van der Waals surface area (Å²) in [6, 6.07) is 3.52. The van der Waals surface area contributed by atoms with Crippen molar-refractivity contribution < 1.29 is 18.3 Å². The van der Waals surface area contributed by atoms with Crippen molar-refractivity contribution in [3.8, 4) is 11.6 Å². The Morgan fingerprint density at radius 3 is 2.68 bits per heavy atom. The number of aromatic nitrogens is 3. The van der Waals surface area contributed by atoms with Gasteiger partial charge in [-0.15, -0.1) is 0 Å². The molecule has 8 nitrogen and oxygen atoms in total. The highest BCUT2D eigenvalue weighted by Gasteiger charge is 2.26. The first-order valence-corrected chi connectivity index (χ1v) is 10.9. The molecule has 0 amide bonds. The van der Waals surface area contributed by atoms with Crippen LogP contribution in [0.4, 0.5) is 8.78 Å². The summed E-state index contributed by atoms with van der Waals surface area (Å²) in [4.78, 5) is 21.8. The van der Waals surface area contributed by atoms with Crippen molar-refractivity contribution in [3.05, 3.63) is 72.0 Å². The maximum atomic E-state index is 15.4. The van der Waals surface area contributed by atoms with Crippen molar-refractivity contribution >= 4 is 16.8 Å². The van der Waals surface area contributed by atoms with E-state index in [4.69, 9.17) is 10.5 Å². The average Bonchev–Trinajstić information content (AvgIpc) is 3.17. The van der Waals surface area contributed by atoms with Crippen LogP contribution in [0.1, 0.15) is 29.1 Å². The maximum absolute atomic E-state index is 15.4. The molecule has 1 aliphatic rings. The van der Waals surface area contributed by atoms with Crippen LogP contribution in [-0.4, -0.2) is 51.5 Å². The number of ether oxygens (including phenoxy) is 1. The van der Waals surface area contributed by atoms with Crippen LogP contribution < -0.4 is 15.8 Å². The van der Waals surface area contributed by atoms with E-state index in [9.17, 15) is 4.79 Å². The highest BCUT2D eigenvalue weighted by Crippen LogP contribution is 2.34. The first-order valence-electron chi connectivity index (χ1n) is 10.9. The van der Waals surface area contributed by atoms with Gasteiger partial charge in [-0.1, -0.05) is 12.7 Å². The molecule has 3 heterocycles. The van der Waals surface area contributed by atoms with Gasteiger partial charge in [0.05, 0.1) is 11.6 Å². The molecule has 178 valence electrons. The first kappa shape index (κ1) is 23.5. The second-order valence-corrected chi connectivity index (χ2v) is 7.97. The fraction of sp³-hybridized carbons (Fsp3) is 0.292. The van der Waals surface area contributed by atoms with Crippen LogP contribution in [0.2, 0.25) is 0 Å². The molecule has 2 aromatic heterocycles. The molecule has 0 radical (unpaired) electrons. The zero-order valence-corrected chi connectivity index (χ0v) is 19.0. The summed E-state index contributed by atoms with van der Waals surface area (Å²) in [5.74, 6) is -2.52. The van der Waals surface area contributed by atoms with E-state index in [-0.39, 0.29) is 22.7 Å². The fourth-order valence-electron chi connectivity index (χ4n) is 4.20. The minimum absolute atomic E-state index is 0.0725. The van der Waals surface area contributed by atoms with Gasteiger partial charge in [0, 0.05) is 49.9 Å². The Morgan fingerprint density at radius 1 is 1.26 bits per heavy atom. The van der Waals surface area contributed by atoms with E-state index in [2.05, 4.69) is 21.9 Å². The minimum atomic E-state index is -0.902. The largest absolute Gasteiger partial charge is 0.433 e. The van der Waals surface area contributed by atoms with Gasteiger partial charge in [-0.2, -0.15) is 9.37 Å². The molecule has 1 fully saturated rings. The highest BCUT2D eigenvalue weighted by atomic mass is 19.1. The van der Waals surface area contributed by atoms with Crippen molar-refractivity contribution in [1.82, 2.24) is 24.8 Å². The normalized spacial score (nSPS) is 15.4. The number of nitrogens with one attached hydrogen (secondary N) is 1. The monoisotopic (exact) mass is 468 g/mol. The number of carbonyl (C=O) groups excluding carboxylic acids is 1. The SMILES string of the molecule is C=C/C=C(\C(N)c1ncnc(Oc2ccc3c(cc(C)n3C(C)=O)c2F)c1F)N1CCNCC1. The van der Waals surface area contributed by atoms with E-state index in [1.165, 1.54) is 23.6 Å². The summed E-state index contributed by atoms with van der Waals surface area (Å²) < 4.78 is 37.5. The van der Waals surface area contributed by atoms with Crippen molar-refractivity contribution in [3.63, 3.8) is 0 Å². The number of halogens is 2. The van der Waals surface area contributed by atoms with Crippen molar-refractivity contribution in [2.45, 2.75) is 19.9 Å². The number of hydrogen-bond acceptors (Lipinski definition) is 7. The smallest absolute Gasteiger partial charge is 0.259 e. The second-order valence-electron chi connectivity index (χ2n) is 7.97. The third-order valence-electron chi connectivity index (χ3n) is 5.76. The van der Waals surface area contributed by atoms with Gasteiger partial charge in [-0.3, -0.25) is 9.36 Å². The Morgan fingerprint density at radius 2 is 2.00 bits per heavy atom. The van der Waals surface area contributed by atoms with Crippen LogP contribution in [0.15, 0.2) is 49.0 Å². The van der Waals surface area contributed by atoms with Gasteiger partial charge in [0.15, 0.2) is 11.6 Å². The molecule has 0 bridgehead atoms. The van der Waals surface area contributed by atoms with Crippen molar-refractivity contribution in [1.29, 1.82) is 0 Å². The van der Waals surface area contributed by atoms with E-state index >= 15 is 8.78 Å². The van der Waals surface area contributed by atoms with Crippen molar-refractivity contribution in [2.75, 3.05) is 26.2 Å². The maximum Gasteiger partial charge on any atom is 0.259 e. The summed E-state index contributed by atoms with van der Waals surface area (Å²) in [5.41, 5.74) is 7.96. The molecule has 0 saturated carbocycles. The van der Waals surface area contributed by atoms with Gasteiger partial charge < -0.3 is 20.7 Å². The fourth-order valence-corrected chi connectivity index (χ4v) is 4.20. The number of fused-ring (bicyclic) bond motifs is 1. The molecule has 1 unspecified atom stereocenters. The number of benzene rings is 1. The number of carbonyl (C=O) groups is 1. The first-order chi connectivity index (χ1) is 16.3. The van der Waals surface area contributed by atoms with Crippen LogP contribution in [0.5, 0.6) is 11.6 Å². The number of nitrogens with zero attached hydrogens (tertiary/aromatic N) is 4. The van der Waals surface area contributed by atoms with Gasteiger partial charge in [-0.05, 0) is 31.2 Å². The summed E-state index contributed by atoms with van der Waals surface area (Å²) in [7, 11) is 0. The lowest BCUT2D eigenvalue weighted by Crippen LogP contribution is -2.45. The van der Waals surface area contributed by atoms with Gasteiger partial charge in [0.2, 0.25) is 11.7 Å². The molecule has 10 heteroatoms. The van der Waals surface area contributed by atoms with Crippen LogP contribution in [0.25, 0.3) is 10.9 Å². The molecular weight excluding hydrogens is 442 g/mol. The van der Waals surface area contributed by atoms with Gasteiger partial charge in [0.1, 0.15) is 12.0 Å². The molecule has 34 heavy (non-hydrogen) atoms. The number of nitrogens with two attached hydrogens (primary N) is 1. The molecular formula is C24H26F2N6O2. The Hall–Kier alpha value is -3.63. The predicted molar refractivity (Wildman–Crippen MR) is 125 cm³/mol. The highest BCUT2D eigenvalue weighted by molar-refractivity contribution is 5.93. The number of piperazine rings is 1. The third kappa shape index (κ3) is 4.29. The summed E-state index contributed by atoms with van der Waals surface area (Å²) in [6.07, 6.45) is 4.45. The number of allylic oxidation sites excluding steroid dienone is 2. The second kappa shape index (κ2) is 9.70. The zero-order chi connectivity index (χ0) is 24.4. The standard InChI is InChI=1S/C24H26F2N6O2/c1-4-5-18(31-10-8-28-9-11-31)22(27)23-21(26)24(30-13-29-23)34-19-7-6-17-16(20(19)25)12-14(2)32(17)15(3)33/h4-7,12-13,22,28H,1,8-11,27H2,2-3H3/b18-5+. The van der Waals surface area contributed by atoms with Crippen LogP contribution in [-0.2, 0) is 0 Å². The lowest BCUT2D eigenvalue weighted by Gasteiger charge is -2.34. The number of aryl methyl sites for hydroxylation is 1. The molecule has 1 atom stereocenters. The third-order valence-corrected chi connectivity index (χ3v) is 5.76. The lowest BCUT2D eigenvalue weighted by atomic mass is 10.1. The Balaban J connectivity index is 1.68. The van der Waals surface area contributed by atoms with E-state index < -0.39 is 23.6 Å². The molecule has 3 N–H and O–H groups in total. The summed E-state index contributed by atoms with van der Waals surface area (Å²) >= 11 is 0. The minimum Gasteiger partial charge on any atom is -0.433 e. The molecule has 0 aliphatic carbocycles. The van der Waals surface area contributed by atoms with Crippen molar-refractivity contribution in [2.24, 2.45) is 5.73 Å². The van der Waals surface area contributed by atoms with E-state index in [0.29, 0.717) is 30.0 Å². The zero-order valence-electron chi connectivity index (χ0n) is 19.0. The van der Waals surface area contributed by atoms with E-state index in [1.807, 2.05) is 4.90 Å². The molecule has 1 aromatic carbocycles. The Kier molecular flexibility index (Phi) is 6.71. The molecule has 4 rings (SSSR count). The van der Waals surface area contributed by atoms with Gasteiger partial charge in [-0.25, -0.2) is 9.37 Å². The average molecular weight is 469 g/mol. The lowest BCUT2D eigenvalue weighted by molar-refractivity contribution is 0.0939. The van der Waals surface area contributed by atoms with Crippen LogP contribution in [0, 0.1) is 18.6 Å². The quantitative estimate of drug-likeness (QED) is 0.535. The molecule has 0 spiro atoms. The van der Waals surface area contributed by atoms with E-state index in [1.54, 1.807) is 25.1 Å². The Bertz CT molecular complexity index is 1280. The molecule has 3 aromatic rings. The Labute approximate surface area is 195 Å². The summed E-state index contributed by atoms with van der Waals surface area (Å²) in [6.45, 7) is 9.77. The predicted octanol–water partition coefficient (Wildman–Crippen LogP) is 3.45. The topological polar surface area (TPSA) is 98.3 Å². The van der Waals surface area contributed by atoms with Gasteiger partial charge in [0.25, 0.3) is 5.88 Å².